The molecule has 2 aromatic rings. The first-order valence-corrected chi connectivity index (χ1v) is 8.00. The number of rotatable bonds is 8. The Morgan fingerprint density at radius 3 is 2.44 bits per heavy atom. The Labute approximate surface area is 148 Å². The van der Waals surface area contributed by atoms with Gasteiger partial charge in [0.25, 0.3) is 0 Å². The molecule has 0 fully saturated rings. The lowest BCUT2D eigenvalue weighted by atomic mass is 10.2. The SMILES string of the molecule is COc1ccc(NC(=O)CCN(C)Cc2ccc(OC)c(O)c2)cc1. The molecule has 134 valence electrons. The molecule has 0 radical (unpaired) electrons. The number of hydrogen-bond acceptors (Lipinski definition) is 5. The van der Waals surface area contributed by atoms with Gasteiger partial charge >= 0.3 is 0 Å². The van der Waals surface area contributed by atoms with E-state index in [9.17, 15) is 9.90 Å². The predicted molar refractivity (Wildman–Crippen MR) is 97.2 cm³/mol. The van der Waals surface area contributed by atoms with Crippen LogP contribution in [-0.2, 0) is 11.3 Å². The fourth-order valence-electron chi connectivity index (χ4n) is 2.41. The zero-order valence-corrected chi connectivity index (χ0v) is 14.8. The van der Waals surface area contributed by atoms with Crippen LogP contribution in [0.1, 0.15) is 12.0 Å². The number of nitrogens with zero attached hydrogens (tertiary/aromatic N) is 1. The molecule has 2 aromatic carbocycles. The Hall–Kier alpha value is -2.73. The zero-order chi connectivity index (χ0) is 18.2. The number of methoxy groups -OCH3 is 2. The summed E-state index contributed by atoms with van der Waals surface area (Å²) in [6.45, 7) is 1.24. The summed E-state index contributed by atoms with van der Waals surface area (Å²) in [5.41, 5.74) is 1.70. The summed E-state index contributed by atoms with van der Waals surface area (Å²) in [5, 5.41) is 12.7. The van der Waals surface area contributed by atoms with Crippen molar-refractivity contribution in [2.75, 3.05) is 33.1 Å². The Morgan fingerprint density at radius 1 is 1.12 bits per heavy atom. The minimum Gasteiger partial charge on any atom is -0.504 e. The Morgan fingerprint density at radius 2 is 1.84 bits per heavy atom. The van der Waals surface area contributed by atoms with Gasteiger partial charge < -0.3 is 24.8 Å². The lowest BCUT2D eigenvalue weighted by Crippen LogP contribution is -2.24. The normalized spacial score (nSPS) is 10.6. The number of carbonyl (C=O) groups excluding carboxylic acids is 1. The van der Waals surface area contributed by atoms with Gasteiger partial charge in [0.1, 0.15) is 5.75 Å². The van der Waals surface area contributed by atoms with Gasteiger partial charge in [-0.15, -0.1) is 0 Å². The summed E-state index contributed by atoms with van der Waals surface area (Å²) in [5.74, 6) is 1.27. The number of nitrogens with one attached hydrogen (secondary N) is 1. The van der Waals surface area contributed by atoms with Crippen molar-refractivity contribution in [3.05, 3.63) is 48.0 Å². The first-order valence-electron chi connectivity index (χ1n) is 8.00. The summed E-state index contributed by atoms with van der Waals surface area (Å²) < 4.78 is 10.1. The average molecular weight is 344 g/mol. The highest BCUT2D eigenvalue weighted by Crippen LogP contribution is 2.26. The highest BCUT2D eigenvalue weighted by molar-refractivity contribution is 5.90. The van der Waals surface area contributed by atoms with Gasteiger partial charge in [-0.05, 0) is 49.0 Å². The molecule has 6 heteroatoms. The molecule has 0 aromatic heterocycles. The summed E-state index contributed by atoms with van der Waals surface area (Å²) in [6, 6.07) is 12.5. The second-order valence-corrected chi connectivity index (χ2v) is 5.77. The van der Waals surface area contributed by atoms with Crippen molar-refractivity contribution in [3.63, 3.8) is 0 Å². The van der Waals surface area contributed by atoms with Crippen molar-refractivity contribution in [3.8, 4) is 17.2 Å². The van der Waals surface area contributed by atoms with Crippen LogP contribution in [0.3, 0.4) is 0 Å². The molecule has 6 nitrogen and oxygen atoms in total. The molecule has 2 rings (SSSR count). The van der Waals surface area contributed by atoms with Gasteiger partial charge in [0, 0.05) is 25.2 Å². The molecule has 0 spiro atoms. The van der Waals surface area contributed by atoms with E-state index < -0.39 is 0 Å². The van der Waals surface area contributed by atoms with Crippen molar-refractivity contribution < 1.29 is 19.4 Å². The van der Waals surface area contributed by atoms with Gasteiger partial charge in [0.05, 0.1) is 14.2 Å². The zero-order valence-electron chi connectivity index (χ0n) is 14.8. The second-order valence-electron chi connectivity index (χ2n) is 5.77. The lowest BCUT2D eigenvalue weighted by Gasteiger charge is -2.17. The van der Waals surface area contributed by atoms with Crippen molar-refractivity contribution in [2.24, 2.45) is 0 Å². The van der Waals surface area contributed by atoms with Crippen LogP contribution < -0.4 is 14.8 Å². The highest BCUT2D eigenvalue weighted by Gasteiger charge is 2.08. The first kappa shape index (κ1) is 18.6. The number of carbonyl (C=O) groups is 1. The van der Waals surface area contributed by atoms with Gasteiger partial charge in [-0.25, -0.2) is 0 Å². The molecule has 0 aliphatic rings. The number of phenolic OH excluding ortho intramolecular Hbond substituents is 1. The van der Waals surface area contributed by atoms with Crippen LogP contribution in [0.15, 0.2) is 42.5 Å². The Kier molecular flexibility index (Phi) is 6.65. The molecule has 0 heterocycles. The van der Waals surface area contributed by atoms with E-state index in [1.54, 1.807) is 43.5 Å². The summed E-state index contributed by atoms with van der Waals surface area (Å²) in [4.78, 5) is 14.1. The van der Waals surface area contributed by atoms with E-state index in [2.05, 4.69) is 5.32 Å². The van der Waals surface area contributed by atoms with Crippen molar-refractivity contribution >= 4 is 11.6 Å². The average Bonchev–Trinajstić information content (AvgIpc) is 2.61. The maximum Gasteiger partial charge on any atom is 0.225 e. The number of amides is 1. The monoisotopic (exact) mass is 344 g/mol. The van der Waals surface area contributed by atoms with Crippen molar-refractivity contribution in [1.82, 2.24) is 4.90 Å². The highest BCUT2D eigenvalue weighted by atomic mass is 16.5. The molecule has 0 aliphatic heterocycles. The van der Waals surface area contributed by atoms with E-state index in [0.717, 1.165) is 17.0 Å². The smallest absolute Gasteiger partial charge is 0.225 e. The maximum atomic E-state index is 12.0. The van der Waals surface area contributed by atoms with Crippen LogP contribution in [0.4, 0.5) is 5.69 Å². The summed E-state index contributed by atoms with van der Waals surface area (Å²) in [7, 11) is 5.05. The van der Waals surface area contributed by atoms with Crippen LogP contribution in [0.2, 0.25) is 0 Å². The molecule has 0 bridgehead atoms. The van der Waals surface area contributed by atoms with E-state index in [-0.39, 0.29) is 11.7 Å². The third-order valence-corrected chi connectivity index (χ3v) is 3.79. The number of benzene rings is 2. The largest absolute Gasteiger partial charge is 0.504 e. The number of anilines is 1. The molecular weight excluding hydrogens is 320 g/mol. The molecule has 0 aliphatic carbocycles. The Bertz CT molecular complexity index is 701. The molecule has 0 saturated heterocycles. The van der Waals surface area contributed by atoms with Crippen LogP contribution in [-0.4, -0.2) is 43.7 Å². The summed E-state index contributed by atoms with van der Waals surface area (Å²) in [6.07, 6.45) is 0.380. The Balaban J connectivity index is 1.79. The number of phenols is 1. The van der Waals surface area contributed by atoms with Gasteiger partial charge in [-0.3, -0.25) is 4.79 Å². The molecular formula is C19H24N2O4. The molecule has 0 unspecified atom stereocenters. The third-order valence-electron chi connectivity index (χ3n) is 3.79. The predicted octanol–water partition coefficient (Wildman–Crippen LogP) is 2.87. The van der Waals surface area contributed by atoms with Crippen LogP contribution in [0.5, 0.6) is 17.2 Å². The number of aromatic hydroxyl groups is 1. The standard InChI is InChI=1S/C19H24N2O4/c1-21(13-14-4-9-18(25-3)17(22)12-14)11-10-19(23)20-15-5-7-16(24-2)8-6-15/h4-9,12,22H,10-11,13H2,1-3H3,(H,20,23). The second kappa shape index (κ2) is 8.94. The molecule has 0 atom stereocenters. The van der Waals surface area contributed by atoms with E-state index in [1.165, 1.54) is 7.11 Å². The molecule has 2 N–H and O–H groups in total. The van der Waals surface area contributed by atoms with E-state index in [1.807, 2.05) is 18.0 Å². The van der Waals surface area contributed by atoms with Crippen molar-refractivity contribution in [1.29, 1.82) is 0 Å². The van der Waals surface area contributed by atoms with Gasteiger partial charge in [0.2, 0.25) is 5.91 Å². The molecule has 0 saturated carbocycles. The van der Waals surface area contributed by atoms with Crippen LogP contribution in [0.25, 0.3) is 0 Å². The maximum absolute atomic E-state index is 12.0. The van der Waals surface area contributed by atoms with E-state index >= 15 is 0 Å². The minimum atomic E-state index is -0.0467. The summed E-state index contributed by atoms with van der Waals surface area (Å²) >= 11 is 0. The topological polar surface area (TPSA) is 71.0 Å². The minimum absolute atomic E-state index is 0.0467. The quantitative estimate of drug-likeness (QED) is 0.770. The van der Waals surface area contributed by atoms with E-state index in [0.29, 0.717) is 25.3 Å². The number of ether oxygens (including phenoxy) is 2. The van der Waals surface area contributed by atoms with Crippen LogP contribution >= 0.6 is 0 Å². The fraction of sp³-hybridized carbons (Fsp3) is 0.316. The van der Waals surface area contributed by atoms with Crippen LogP contribution in [0, 0.1) is 0 Å². The van der Waals surface area contributed by atoms with Gasteiger partial charge in [0.15, 0.2) is 11.5 Å². The fourth-order valence-corrected chi connectivity index (χ4v) is 2.41. The molecule has 1 amide bonds. The van der Waals surface area contributed by atoms with Gasteiger partial charge in [-0.1, -0.05) is 6.07 Å². The molecule has 25 heavy (non-hydrogen) atoms. The van der Waals surface area contributed by atoms with Gasteiger partial charge in [-0.2, -0.15) is 0 Å². The first-order chi connectivity index (χ1) is 12.0. The van der Waals surface area contributed by atoms with Crippen molar-refractivity contribution in [2.45, 2.75) is 13.0 Å². The lowest BCUT2D eigenvalue weighted by molar-refractivity contribution is -0.116. The third kappa shape index (κ3) is 5.69. The van der Waals surface area contributed by atoms with E-state index in [4.69, 9.17) is 9.47 Å². The number of hydrogen-bond donors (Lipinski definition) is 2.